The van der Waals surface area contributed by atoms with E-state index in [-0.39, 0.29) is 0 Å². The molecule has 2 heteroatoms. The first-order chi connectivity index (χ1) is 8.36. The maximum Gasteiger partial charge on any atom is 0.0259 e. The maximum atomic E-state index is 11.8. The monoisotopic (exact) mass is 226 g/mol. The van der Waals surface area contributed by atoms with Gasteiger partial charge in [0.25, 0.3) is 0 Å². The van der Waals surface area contributed by atoms with Crippen molar-refractivity contribution in [3.63, 3.8) is 0 Å². The fourth-order valence-corrected chi connectivity index (χ4v) is 1.79. The van der Waals surface area contributed by atoms with E-state index in [4.69, 9.17) is 0 Å². The summed E-state index contributed by atoms with van der Waals surface area (Å²) in [7, 11) is 0. The Bertz CT molecular complexity index is 427. The number of aryl methyl sites for hydroxylation is 1. The SMILES string of the molecule is [O-]N(CCCc1ccccc1)c1ccccc1. The van der Waals surface area contributed by atoms with Gasteiger partial charge in [0.2, 0.25) is 0 Å². The highest BCUT2D eigenvalue weighted by Crippen LogP contribution is 2.12. The summed E-state index contributed by atoms with van der Waals surface area (Å²) in [5, 5.41) is 12.8. The highest BCUT2D eigenvalue weighted by Gasteiger charge is 1.95. The van der Waals surface area contributed by atoms with Gasteiger partial charge in [-0.1, -0.05) is 48.5 Å². The van der Waals surface area contributed by atoms with Crippen LogP contribution in [0.5, 0.6) is 0 Å². The number of hydrogen-bond acceptors (Lipinski definition) is 2. The van der Waals surface area contributed by atoms with Crippen molar-refractivity contribution in [2.45, 2.75) is 12.8 Å². The lowest BCUT2D eigenvalue weighted by atomic mass is 10.1. The third kappa shape index (κ3) is 3.61. The van der Waals surface area contributed by atoms with Crippen LogP contribution >= 0.6 is 0 Å². The first-order valence-electron chi connectivity index (χ1n) is 5.90. The number of hydroxylamine groups is 1. The molecule has 0 unspecified atom stereocenters. The fraction of sp³-hybridized carbons (Fsp3) is 0.200. The molecule has 0 radical (unpaired) electrons. The van der Waals surface area contributed by atoms with Gasteiger partial charge < -0.3 is 10.3 Å². The molecule has 0 fully saturated rings. The van der Waals surface area contributed by atoms with Gasteiger partial charge in [-0.05, 0) is 30.5 Å². The van der Waals surface area contributed by atoms with Gasteiger partial charge in [0.05, 0.1) is 0 Å². The van der Waals surface area contributed by atoms with E-state index in [9.17, 15) is 5.21 Å². The van der Waals surface area contributed by atoms with Gasteiger partial charge in [-0.15, -0.1) is 0 Å². The molecule has 2 aromatic rings. The predicted molar refractivity (Wildman–Crippen MR) is 71.9 cm³/mol. The Morgan fingerprint density at radius 3 is 2.06 bits per heavy atom. The van der Waals surface area contributed by atoms with E-state index in [0.29, 0.717) is 6.54 Å². The molecule has 0 aliphatic heterocycles. The molecule has 2 aromatic carbocycles. The summed E-state index contributed by atoms with van der Waals surface area (Å²) in [5.74, 6) is 0. The third-order valence-corrected chi connectivity index (χ3v) is 2.71. The summed E-state index contributed by atoms with van der Waals surface area (Å²) in [6, 6.07) is 19.6. The quantitative estimate of drug-likeness (QED) is 0.728. The third-order valence-electron chi connectivity index (χ3n) is 2.71. The average molecular weight is 226 g/mol. The van der Waals surface area contributed by atoms with Crippen molar-refractivity contribution in [1.29, 1.82) is 0 Å². The molecule has 0 aromatic heterocycles. The minimum atomic E-state index is 0.541. The Balaban J connectivity index is 1.79. The van der Waals surface area contributed by atoms with Crippen LogP contribution in [0.15, 0.2) is 60.7 Å². The van der Waals surface area contributed by atoms with E-state index < -0.39 is 0 Å². The molecule has 0 saturated heterocycles. The smallest absolute Gasteiger partial charge is 0.0259 e. The minimum absolute atomic E-state index is 0.541. The highest BCUT2D eigenvalue weighted by molar-refractivity contribution is 5.46. The number of para-hydroxylation sites is 1. The van der Waals surface area contributed by atoms with Crippen LogP contribution in [0.25, 0.3) is 0 Å². The normalized spacial score (nSPS) is 10.2. The van der Waals surface area contributed by atoms with Gasteiger partial charge in [-0.2, -0.15) is 0 Å². The van der Waals surface area contributed by atoms with Crippen LogP contribution in [0.1, 0.15) is 12.0 Å². The summed E-state index contributed by atoms with van der Waals surface area (Å²) in [5.41, 5.74) is 2.02. The molecule has 0 aliphatic rings. The van der Waals surface area contributed by atoms with Crippen molar-refractivity contribution in [2.24, 2.45) is 0 Å². The molecule has 0 bridgehead atoms. The van der Waals surface area contributed by atoms with Gasteiger partial charge in [0, 0.05) is 12.2 Å². The van der Waals surface area contributed by atoms with Gasteiger partial charge in [0.1, 0.15) is 0 Å². The second kappa shape index (κ2) is 6.06. The van der Waals surface area contributed by atoms with Crippen molar-refractivity contribution in [3.05, 3.63) is 71.4 Å². The standard InChI is InChI=1S/C15H16NO/c17-16(15-11-5-2-6-12-15)13-7-10-14-8-3-1-4-9-14/h1-6,8-9,11-12H,7,10,13H2/q-1. The second-order valence-corrected chi connectivity index (χ2v) is 4.03. The van der Waals surface area contributed by atoms with E-state index in [0.717, 1.165) is 23.6 Å². The molecule has 0 saturated carbocycles. The summed E-state index contributed by atoms with van der Waals surface area (Å²) in [6.45, 7) is 0.541. The maximum absolute atomic E-state index is 11.8. The Kier molecular flexibility index (Phi) is 4.17. The molecule has 2 nitrogen and oxygen atoms in total. The van der Waals surface area contributed by atoms with Gasteiger partial charge in [0.15, 0.2) is 0 Å². The first-order valence-corrected chi connectivity index (χ1v) is 5.90. The fourth-order valence-electron chi connectivity index (χ4n) is 1.79. The number of benzene rings is 2. The van der Waals surface area contributed by atoms with Crippen LogP contribution < -0.4 is 5.06 Å². The summed E-state index contributed by atoms with van der Waals surface area (Å²) in [4.78, 5) is 0. The van der Waals surface area contributed by atoms with E-state index in [1.165, 1.54) is 5.56 Å². The topological polar surface area (TPSA) is 26.3 Å². The number of rotatable bonds is 5. The Hall–Kier alpha value is -1.80. The lowest BCUT2D eigenvalue weighted by molar-refractivity contribution is 0.805. The molecule has 0 amide bonds. The largest absolute Gasteiger partial charge is 0.758 e. The molecule has 88 valence electrons. The summed E-state index contributed by atoms with van der Waals surface area (Å²) >= 11 is 0. The van der Waals surface area contributed by atoms with E-state index in [1.54, 1.807) is 0 Å². The van der Waals surface area contributed by atoms with Crippen LogP contribution in [0, 0.1) is 5.21 Å². The van der Waals surface area contributed by atoms with Crippen LogP contribution in [0.3, 0.4) is 0 Å². The summed E-state index contributed by atoms with van der Waals surface area (Å²) in [6.07, 6.45) is 1.83. The molecule has 0 N–H and O–H groups in total. The Morgan fingerprint density at radius 2 is 1.41 bits per heavy atom. The van der Waals surface area contributed by atoms with Crippen molar-refractivity contribution in [3.8, 4) is 0 Å². The average Bonchev–Trinajstić information content (AvgIpc) is 2.41. The molecule has 17 heavy (non-hydrogen) atoms. The molecular formula is C15H16NO-. The highest BCUT2D eigenvalue weighted by atomic mass is 16.5. The number of nitrogens with zero attached hydrogens (tertiary/aromatic N) is 1. The molecule has 0 aliphatic carbocycles. The van der Waals surface area contributed by atoms with E-state index in [1.807, 2.05) is 48.5 Å². The van der Waals surface area contributed by atoms with Crippen molar-refractivity contribution < 1.29 is 0 Å². The zero-order valence-electron chi connectivity index (χ0n) is 9.75. The number of hydrogen-bond donors (Lipinski definition) is 0. The Morgan fingerprint density at radius 1 is 0.824 bits per heavy atom. The zero-order valence-corrected chi connectivity index (χ0v) is 9.75. The second-order valence-electron chi connectivity index (χ2n) is 4.03. The van der Waals surface area contributed by atoms with Crippen molar-refractivity contribution in [2.75, 3.05) is 11.6 Å². The zero-order chi connectivity index (χ0) is 11.9. The molecule has 0 atom stereocenters. The van der Waals surface area contributed by atoms with Crippen LogP contribution in [-0.2, 0) is 6.42 Å². The van der Waals surface area contributed by atoms with E-state index >= 15 is 0 Å². The van der Waals surface area contributed by atoms with Crippen molar-refractivity contribution in [1.82, 2.24) is 0 Å². The minimum Gasteiger partial charge on any atom is -0.758 e. The Labute approximate surface area is 102 Å². The molecule has 2 rings (SSSR count). The van der Waals surface area contributed by atoms with Crippen LogP contribution in [0.4, 0.5) is 5.69 Å². The van der Waals surface area contributed by atoms with Gasteiger partial charge in [-0.25, -0.2) is 0 Å². The lowest BCUT2D eigenvalue weighted by Gasteiger charge is -2.30. The van der Waals surface area contributed by atoms with Crippen LogP contribution in [0.2, 0.25) is 0 Å². The van der Waals surface area contributed by atoms with Gasteiger partial charge in [-0.3, -0.25) is 0 Å². The van der Waals surface area contributed by atoms with Gasteiger partial charge >= 0.3 is 0 Å². The number of anilines is 1. The summed E-state index contributed by atoms with van der Waals surface area (Å²) < 4.78 is 0. The molecule has 0 heterocycles. The first kappa shape index (κ1) is 11.7. The lowest BCUT2D eigenvalue weighted by Crippen LogP contribution is -2.16. The van der Waals surface area contributed by atoms with Crippen LogP contribution in [-0.4, -0.2) is 6.54 Å². The van der Waals surface area contributed by atoms with E-state index in [2.05, 4.69) is 12.1 Å². The molecular weight excluding hydrogens is 210 g/mol. The molecule has 0 spiro atoms. The van der Waals surface area contributed by atoms with Crippen molar-refractivity contribution >= 4 is 5.69 Å². The predicted octanol–water partition coefficient (Wildman–Crippen LogP) is 3.62.